The van der Waals surface area contributed by atoms with Crippen molar-refractivity contribution in [2.24, 2.45) is 11.3 Å². The fraction of sp³-hybridized carbons (Fsp3) is 0.722. The highest BCUT2D eigenvalue weighted by molar-refractivity contribution is 5.80. The van der Waals surface area contributed by atoms with Gasteiger partial charge >= 0.3 is 0 Å². The molecule has 23 heavy (non-hydrogen) atoms. The Morgan fingerprint density at radius 3 is 2.83 bits per heavy atom. The van der Waals surface area contributed by atoms with Crippen molar-refractivity contribution >= 4 is 5.91 Å². The Morgan fingerprint density at radius 2 is 2.13 bits per heavy atom. The van der Waals surface area contributed by atoms with Gasteiger partial charge < -0.3 is 5.32 Å². The molecule has 126 valence electrons. The molecular weight excluding hydrogens is 288 g/mol. The zero-order valence-corrected chi connectivity index (χ0v) is 14.5. The number of carbonyl (C=O) groups excluding carboxylic acids is 1. The lowest BCUT2D eigenvalue weighted by atomic mass is 9.76. The van der Waals surface area contributed by atoms with E-state index in [4.69, 9.17) is 0 Å². The molecule has 1 N–H and O–H groups in total. The molecule has 0 radical (unpaired) electrons. The Hall–Kier alpha value is -1.49. The number of hydrogen-bond acceptors (Lipinski definition) is 4. The van der Waals surface area contributed by atoms with Crippen LogP contribution >= 0.6 is 0 Å². The van der Waals surface area contributed by atoms with Crippen LogP contribution in [0.2, 0.25) is 0 Å². The van der Waals surface area contributed by atoms with E-state index in [1.54, 1.807) is 0 Å². The van der Waals surface area contributed by atoms with Crippen LogP contribution in [-0.4, -0.2) is 39.9 Å². The molecule has 5 nitrogen and oxygen atoms in total. The van der Waals surface area contributed by atoms with Crippen LogP contribution in [0.25, 0.3) is 0 Å². The fourth-order valence-electron chi connectivity index (χ4n) is 4.30. The van der Waals surface area contributed by atoms with E-state index in [0.29, 0.717) is 0 Å². The number of carbonyl (C=O) groups is 1. The third kappa shape index (κ3) is 3.55. The molecule has 0 bridgehead atoms. The molecule has 1 amide bonds. The largest absolute Gasteiger partial charge is 0.354 e. The summed E-state index contributed by atoms with van der Waals surface area (Å²) in [4.78, 5) is 23.6. The van der Waals surface area contributed by atoms with Gasteiger partial charge in [-0.3, -0.25) is 9.69 Å². The summed E-state index contributed by atoms with van der Waals surface area (Å²) in [6, 6.07) is 0.224. The maximum Gasteiger partial charge on any atom is 0.223 e. The Kier molecular flexibility index (Phi) is 4.67. The van der Waals surface area contributed by atoms with Gasteiger partial charge in [0.25, 0.3) is 0 Å². The van der Waals surface area contributed by atoms with Gasteiger partial charge in [-0.15, -0.1) is 0 Å². The zero-order valence-electron chi connectivity index (χ0n) is 14.5. The Morgan fingerprint density at radius 1 is 1.39 bits per heavy atom. The Balaban J connectivity index is 1.65. The van der Waals surface area contributed by atoms with Gasteiger partial charge in [0, 0.05) is 43.0 Å². The molecule has 1 aliphatic carbocycles. The molecule has 1 aliphatic heterocycles. The second kappa shape index (κ2) is 6.56. The van der Waals surface area contributed by atoms with E-state index in [9.17, 15) is 4.79 Å². The van der Waals surface area contributed by atoms with E-state index in [1.807, 2.05) is 33.2 Å². The summed E-state index contributed by atoms with van der Waals surface area (Å²) in [5.74, 6) is 1.26. The monoisotopic (exact) mass is 316 g/mol. The van der Waals surface area contributed by atoms with E-state index < -0.39 is 0 Å². The van der Waals surface area contributed by atoms with Crippen molar-refractivity contribution in [3.63, 3.8) is 0 Å². The highest BCUT2D eigenvalue weighted by Crippen LogP contribution is 2.50. The minimum absolute atomic E-state index is 0.184. The van der Waals surface area contributed by atoms with Gasteiger partial charge in [-0.05, 0) is 52.0 Å². The van der Waals surface area contributed by atoms with Crippen molar-refractivity contribution < 1.29 is 4.79 Å². The summed E-state index contributed by atoms with van der Waals surface area (Å²) >= 11 is 0. The lowest BCUT2D eigenvalue weighted by molar-refractivity contribution is -0.128. The lowest BCUT2D eigenvalue weighted by Crippen LogP contribution is -2.42. The third-order valence-corrected chi connectivity index (χ3v) is 5.36. The molecule has 2 heterocycles. The number of likely N-dealkylation sites (tertiary alicyclic amines) is 1. The molecule has 2 atom stereocenters. The van der Waals surface area contributed by atoms with E-state index in [2.05, 4.69) is 20.2 Å². The summed E-state index contributed by atoms with van der Waals surface area (Å²) in [5.41, 5.74) is 1.35. The Bertz CT molecular complexity index is 557. The van der Waals surface area contributed by atoms with Crippen LogP contribution in [0, 0.1) is 18.3 Å². The predicted molar refractivity (Wildman–Crippen MR) is 89.7 cm³/mol. The number of nitrogens with zero attached hydrogens (tertiary/aromatic N) is 3. The Labute approximate surface area is 138 Å². The van der Waals surface area contributed by atoms with Gasteiger partial charge in [0.15, 0.2) is 0 Å². The average Bonchev–Trinajstić information content (AvgIpc) is 3.08. The molecule has 0 aromatic carbocycles. The van der Waals surface area contributed by atoms with Crippen LogP contribution in [0.5, 0.6) is 0 Å². The molecule has 1 saturated heterocycles. The topological polar surface area (TPSA) is 58.1 Å². The summed E-state index contributed by atoms with van der Waals surface area (Å²) < 4.78 is 0. The van der Waals surface area contributed by atoms with Crippen LogP contribution in [0.4, 0.5) is 0 Å². The molecule has 0 unspecified atom stereocenters. The average molecular weight is 316 g/mol. The first-order chi connectivity index (χ1) is 11.0. The van der Waals surface area contributed by atoms with Crippen LogP contribution in [-0.2, 0) is 11.3 Å². The lowest BCUT2D eigenvalue weighted by Gasteiger charge is -2.31. The second-order valence-electron chi connectivity index (χ2n) is 7.57. The quantitative estimate of drug-likeness (QED) is 0.926. The molecule has 5 heteroatoms. The minimum Gasteiger partial charge on any atom is -0.354 e. The van der Waals surface area contributed by atoms with Crippen molar-refractivity contribution in [1.29, 1.82) is 0 Å². The standard InChI is InChI=1S/C18H28N4O/c1-13(2)21-17(23)16-5-4-6-18(16)7-8-22(12-18)11-15-9-19-14(3)20-10-15/h9-10,13,16H,4-8,11-12H2,1-3H3,(H,21,23)/t16-,18-/m0/s1. The molecule has 1 aromatic rings. The third-order valence-electron chi connectivity index (χ3n) is 5.36. The highest BCUT2D eigenvalue weighted by Gasteiger charge is 2.50. The minimum atomic E-state index is 0.184. The summed E-state index contributed by atoms with van der Waals surface area (Å²) in [6.45, 7) is 8.97. The van der Waals surface area contributed by atoms with Crippen molar-refractivity contribution in [2.45, 2.75) is 59.0 Å². The van der Waals surface area contributed by atoms with Gasteiger partial charge in [0.1, 0.15) is 5.82 Å². The smallest absolute Gasteiger partial charge is 0.223 e. The van der Waals surface area contributed by atoms with Crippen LogP contribution in [0.15, 0.2) is 12.4 Å². The molecule has 1 spiro atoms. The maximum atomic E-state index is 12.6. The zero-order chi connectivity index (χ0) is 16.4. The highest BCUT2D eigenvalue weighted by atomic mass is 16.2. The van der Waals surface area contributed by atoms with Crippen LogP contribution in [0.1, 0.15) is 50.9 Å². The molecule has 2 fully saturated rings. The van der Waals surface area contributed by atoms with Gasteiger partial charge in [-0.1, -0.05) is 6.42 Å². The van der Waals surface area contributed by atoms with Crippen LogP contribution < -0.4 is 5.32 Å². The number of hydrogen-bond donors (Lipinski definition) is 1. The van der Waals surface area contributed by atoms with E-state index >= 15 is 0 Å². The summed E-state index contributed by atoms with van der Waals surface area (Å²) in [5, 5.41) is 3.13. The van der Waals surface area contributed by atoms with E-state index in [0.717, 1.165) is 43.9 Å². The van der Waals surface area contributed by atoms with Gasteiger partial charge in [0.05, 0.1) is 0 Å². The molecule has 2 aliphatic rings. The molecular formula is C18H28N4O. The second-order valence-corrected chi connectivity index (χ2v) is 7.57. The number of amides is 1. The van der Waals surface area contributed by atoms with Gasteiger partial charge in [-0.2, -0.15) is 0 Å². The summed E-state index contributed by atoms with van der Waals surface area (Å²) in [6.07, 6.45) is 8.38. The van der Waals surface area contributed by atoms with Crippen molar-refractivity contribution in [3.05, 3.63) is 23.8 Å². The fourth-order valence-corrected chi connectivity index (χ4v) is 4.30. The van der Waals surface area contributed by atoms with Crippen molar-refractivity contribution in [3.8, 4) is 0 Å². The predicted octanol–water partition coefficient (Wildman–Crippen LogP) is 2.30. The van der Waals surface area contributed by atoms with Gasteiger partial charge in [-0.25, -0.2) is 9.97 Å². The van der Waals surface area contributed by atoms with Gasteiger partial charge in [0.2, 0.25) is 5.91 Å². The first-order valence-corrected chi connectivity index (χ1v) is 8.79. The van der Waals surface area contributed by atoms with E-state index in [1.165, 1.54) is 12.8 Å². The SMILES string of the molecule is Cc1ncc(CN2CC[C@@]3(CCC[C@H]3C(=O)NC(C)C)C2)cn1. The number of aromatic nitrogens is 2. The van der Waals surface area contributed by atoms with Crippen molar-refractivity contribution in [1.82, 2.24) is 20.2 Å². The summed E-state index contributed by atoms with van der Waals surface area (Å²) in [7, 11) is 0. The first kappa shape index (κ1) is 16.4. The van der Waals surface area contributed by atoms with Crippen LogP contribution in [0.3, 0.4) is 0 Å². The van der Waals surface area contributed by atoms with Crippen molar-refractivity contribution in [2.75, 3.05) is 13.1 Å². The molecule has 3 rings (SSSR count). The number of aryl methyl sites for hydroxylation is 1. The molecule has 1 saturated carbocycles. The first-order valence-electron chi connectivity index (χ1n) is 8.79. The maximum absolute atomic E-state index is 12.6. The number of rotatable bonds is 4. The van der Waals surface area contributed by atoms with E-state index in [-0.39, 0.29) is 23.3 Å². The normalized spacial score (nSPS) is 27.9. The number of nitrogens with one attached hydrogen (secondary N) is 1. The molecule has 1 aromatic heterocycles.